The zero-order valence-electron chi connectivity index (χ0n) is 21.6. The molecule has 0 aromatic heterocycles. The van der Waals surface area contributed by atoms with Gasteiger partial charge in [0.15, 0.2) is 0 Å². The first kappa shape index (κ1) is 30.5. The van der Waals surface area contributed by atoms with E-state index in [1.807, 2.05) is 0 Å². The standard InChI is InChI=1S/C29H49F2NO2/c1-2-3-4-5-6-7-8-9-10-11-12-13-14-15-16-17-18-19-20-34-29(33)28(32)23-25-21-26(30)24-27(31)22-25/h21-22,24,28H,2-20,23,32H2,1H3/t28-/m0/s1. The van der Waals surface area contributed by atoms with Crippen molar-refractivity contribution in [1.29, 1.82) is 0 Å². The normalized spacial score (nSPS) is 12.1. The Morgan fingerprint density at radius 1 is 0.706 bits per heavy atom. The van der Waals surface area contributed by atoms with Crippen LogP contribution >= 0.6 is 0 Å². The molecule has 0 bridgehead atoms. The third kappa shape index (κ3) is 17.0. The molecule has 2 N–H and O–H groups in total. The van der Waals surface area contributed by atoms with Gasteiger partial charge in [-0.3, -0.25) is 4.79 Å². The Labute approximate surface area is 207 Å². The van der Waals surface area contributed by atoms with E-state index in [0.29, 0.717) is 12.2 Å². The van der Waals surface area contributed by atoms with Gasteiger partial charge in [0.1, 0.15) is 17.7 Å². The summed E-state index contributed by atoms with van der Waals surface area (Å²) in [6.45, 7) is 2.62. The zero-order chi connectivity index (χ0) is 24.9. The monoisotopic (exact) mass is 481 g/mol. The molecule has 5 heteroatoms. The molecule has 0 aliphatic carbocycles. The third-order valence-corrected chi connectivity index (χ3v) is 6.42. The van der Waals surface area contributed by atoms with Crippen molar-refractivity contribution in [3.05, 3.63) is 35.4 Å². The molecule has 1 rings (SSSR count). The smallest absolute Gasteiger partial charge is 0.323 e. The molecule has 0 saturated carbocycles. The largest absolute Gasteiger partial charge is 0.465 e. The van der Waals surface area contributed by atoms with Gasteiger partial charge in [-0.25, -0.2) is 8.78 Å². The van der Waals surface area contributed by atoms with Crippen molar-refractivity contribution in [2.75, 3.05) is 6.61 Å². The first-order valence-corrected chi connectivity index (χ1v) is 13.9. The van der Waals surface area contributed by atoms with Crippen molar-refractivity contribution in [2.45, 2.75) is 135 Å². The lowest BCUT2D eigenvalue weighted by Gasteiger charge is -2.12. The molecule has 0 unspecified atom stereocenters. The SMILES string of the molecule is CCCCCCCCCCCCCCCCCCCCOC(=O)[C@@H](N)Cc1cc(F)cc(F)c1. The van der Waals surface area contributed by atoms with Gasteiger partial charge in [-0.1, -0.05) is 116 Å². The van der Waals surface area contributed by atoms with Crippen molar-refractivity contribution in [3.63, 3.8) is 0 Å². The topological polar surface area (TPSA) is 52.3 Å². The molecule has 34 heavy (non-hydrogen) atoms. The highest BCUT2D eigenvalue weighted by Crippen LogP contribution is 2.14. The summed E-state index contributed by atoms with van der Waals surface area (Å²) in [7, 11) is 0. The van der Waals surface area contributed by atoms with Crippen LogP contribution < -0.4 is 5.73 Å². The van der Waals surface area contributed by atoms with Crippen LogP contribution in [-0.4, -0.2) is 18.6 Å². The molecule has 196 valence electrons. The van der Waals surface area contributed by atoms with Crippen molar-refractivity contribution in [3.8, 4) is 0 Å². The van der Waals surface area contributed by atoms with Crippen LogP contribution in [0.5, 0.6) is 0 Å². The third-order valence-electron chi connectivity index (χ3n) is 6.42. The summed E-state index contributed by atoms with van der Waals surface area (Å²) in [4.78, 5) is 12.0. The quantitative estimate of drug-likeness (QED) is 0.134. The highest BCUT2D eigenvalue weighted by atomic mass is 19.1. The Morgan fingerprint density at radius 3 is 1.50 bits per heavy atom. The first-order chi connectivity index (χ1) is 16.5. The highest BCUT2D eigenvalue weighted by Gasteiger charge is 2.16. The van der Waals surface area contributed by atoms with Crippen molar-refractivity contribution >= 4 is 5.97 Å². The van der Waals surface area contributed by atoms with E-state index >= 15 is 0 Å². The summed E-state index contributed by atoms with van der Waals surface area (Å²) >= 11 is 0. The van der Waals surface area contributed by atoms with Crippen LogP contribution in [0, 0.1) is 11.6 Å². The summed E-state index contributed by atoms with van der Waals surface area (Å²) in [5.74, 6) is -1.86. The predicted octanol–water partition coefficient (Wildman–Crippen LogP) is 8.42. The predicted molar refractivity (Wildman–Crippen MR) is 138 cm³/mol. The van der Waals surface area contributed by atoms with Crippen LogP contribution in [0.4, 0.5) is 8.78 Å². The molecule has 0 aliphatic rings. The number of hydrogen-bond acceptors (Lipinski definition) is 3. The van der Waals surface area contributed by atoms with Crippen molar-refractivity contribution < 1.29 is 18.3 Å². The van der Waals surface area contributed by atoms with Gasteiger partial charge >= 0.3 is 5.97 Å². The lowest BCUT2D eigenvalue weighted by molar-refractivity contribution is -0.145. The molecule has 0 heterocycles. The number of unbranched alkanes of at least 4 members (excludes halogenated alkanes) is 17. The average molecular weight is 482 g/mol. The Kier molecular flexibility index (Phi) is 18.7. The van der Waals surface area contributed by atoms with E-state index in [1.54, 1.807) is 0 Å². The molecule has 1 aromatic carbocycles. The van der Waals surface area contributed by atoms with Crippen LogP contribution in [0.3, 0.4) is 0 Å². The summed E-state index contributed by atoms with van der Waals surface area (Å²) in [5, 5.41) is 0. The molecule has 1 aromatic rings. The lowest BCUT2D eigenvalue weighted by Crippen LogP contribution is -2.34. The van der Waals surface area contributed by atoms with Crippen molar-refractivity contribution in [2.24, 2.45) is 5.73 Å². The average Bonchev–Trinajstić information content (AvgIpc) is 2.79. The summed E-state index contributed by atoms with van der Waals surface area (Å²) < 4.78 is 31.7. The Morgan fingerprint density at radius 2 is 1.09 bits per heavy atom. The molecule has 0 amide bonds. The molecular formula is C29H49F2NO2. The second-order valence-electron chi connectivity index (χ2n) is 9.77. The van der Waals surface area contributed by atoms with Gasteiger partial charge in [-0.05, 0) is 30.5 Å². The maximum absolute atomic E-state index is 13.2. The fourth-order valence-electron chi connectivity index (χ4n) is 4.35. The minimum atomic E-state index is -0.906. The minimum Gasteiger partial charge on any atom is -0.465 e. The molecule has 3 nitrogen and oxygen atoms in total. The van der Waals surface area contributed by atoms with E-state index in [9.17, 15) is 13.6 Å². The van der Waals surface area contributed by atoms with Gasteiger partial charge in [0, 0.05) is 6.07 Å². The lowest BCUT2D eigenvalue weighted by atomic mass is 10.0. The molecule has 0 saturated heterocycles. The zero-order valence-corrected chi connectivity index (χ0v) is 21.6. The van der Waals surface area contributed by atoms with Crippen molar-refractivity contribution in [1.82, 2.24) is 0 Å². The molecule has 1 atom stereocenters. The summed E-state index contributed by atoms with van der Waals surface area (Å²) in [6.07, 6.45) is 23.7. The number of esters is 1. The fourth-order valence-corrected chi connectivity index (χ4v) is 4.35. The molecule has 0 spiro atoms. The molecule has 0 fully saturated rings. The van der Waals surface area contributed by atoms with Gasteiger partial charge in [0.2, 0.25) is 0 Å². The second-order valence-corrected chi connectivity index (χ2v) is 9.77. The van der Waals surface area contributed by atoms with Gasteiger partial charge in [0.05, 0.1) is 6.61 Å². The van der Waals surface area contributed by atoms with Crippen LogP contribution in [0.25, 0.3) is 0 Å². The van der Waals surface area contributed by atoms with E-state index in [1.165, 1.54) is 108 Å². The Hall–Kier alpha value is -1.49. The fraction of sp³-hybridized carbons (Fsp3) is 0.759. The Bertz CT molecular complexity index is 618. The summed E-state index contributed by atoms with van der Waals surface area (Å²) in [5.41, 5.74) is 6.17. The van der Waals surface area contributed by atoms with Gasteiger partial charge in [0.25, 0.3) is 0 Å². The number of hydrogen-bond donors (Lipinski definition) is 1. The molecule has 0 aliphatic heterocycles. The molecular weight excluding hydrogens is 432 g/mol. The van der Waals surface area contributed by atoms with Crippen LogP contribution in [0.2, 0.25) is 0 Å². The van der Waals surface area contributed by atoms with Crippen LogP contribution in [0.15, 0.2) is 18.2 Å². The van der Waals surface area contributed by atoms with E-state index in [-0.39, 0.29) is 6.42 Å². The van der Waals surface area contributed by atoms with E-state index in [0.717, 1.165) is 25.3 Å². The van der Waals surface area contributed by atoms with Gasteiger partial charge in [-0.15, -0.1) is 0 Å². The van der Waals surface area contributed by atoms with E-state index < -0.39 is 23.6 Å². The van der Waals surface area contributed by atoms with Gasteiger partial charge < -0.3 is 10.5 Å². The summed E-state index contributed by atoms with van der Waals surface area (Å²) in [6, 6.07) is 2.27. The van der Waals surface area contributed by atoms with E-state index in [4.69, 9.17) is 10.5 Å². The maximum Gasteiger partial charge on any atom is 0.323 e. The van der Waals surface area contributed by atoms with E-state index in [2.05, 4.69) is 6.92 Å². The number of halogens is 2. The second kappa shape index (κ2) is 20.8. The number of rotatable bonds is 22. The first-order valence-electron chi connectivity index (χ1n) is 13.9. The minimum absolute atomic E-state index is 0.0621. The number of benzene rings is 1. The van der Waals surface area contributed by atoms with Gasteiger partial charge in [-0.2, -0.15) is 0 Å². The van der Waals surface area contributed by atoms with Crippen LogP contribution in [-0.2, 0) is 16.0 Å². The number of carbonyl (C=O) groups is 1. The van der Waals surface area contributed by atoms with Crippen LogP contribution in [0.1, 0.15) is 128 Å². The highest BCUT2D eigenvalue weighted by molar-refractivity contribution is 5.75. The Balaban J connectivity index is 1.85. The number of ether oxygens (including phenoxy) is 1. The molecule has 0 radical (unpaired) electrons. The number of nitrogens with two attached hydrogens (primary N) is 1. The number of carbonyl (C=O) groups excluding carboxylic acids is 1. The maximum atomic E-state index is 13.2.